The van der Waals surface area contributed by atoms with Gasteiger partial charge in [0.05, 0.1) is 0 Å². The summed E-state index contributed by atoms with van der Waals surface area (Å²) in [7, 11) is 0. The Balaban J connectivity index is 1.66. The standard InChI is InChI=1S/C14H16N2O4/c17-13-4-2-10(8-15-13)16-14(18)9-1-3-11-12(7-9)20-6-5-19-11/h1,3,7,10H,2,4-6,8H2,(H,15,17)(H,16,18). The van der Waals surface area contributed by atoms with Gasteiger partial charge in [0, 0.05) is 24.6 Å². The predicted molar refractivity (Wildman–Crippen MR) is 70.9 cm³/mol. The van der Waals surface area contributed by atoms with E-state index in [0.29, 0.717) is 49.7 Å². The molecular weight excluding hydrogens is 260 g/mol. The first-order valence-electron chi connectivity index (χ1n) is 6.69. The fourth-order valence-electron chi connectivity index (χ4n) is 2.31. The van der Waals surface area contributed by atoms with Gasteiger partial charge in [0.2, 0.25) is 5.91 Å². The molecule has 0 aliphatic carbocycles. The van der Waals surface area contributed by atoms with Gasteiger partial charge in [0.25, 0.3) is 5.91 Å². The molecule has 1 saturated heterocycles. The van der Waals surface area contributed by atoms with Gasteiger partial charge in [-0.05, 0) is 24.6 Å². The van der Waals surface area contributed by atoms with E-state index in [4.69, 9.17) is 9.47 Å². The molecule has 0 spiro atoms. The van der Waals surface area contributed by atoms with Gasteiger partial charge in [-0.3, -0.25) is 9.59 Å². The molecular formula is C14H16N2O4. The SMILES string of the molecule is O=C1CCC(NC(=O)c2ccc3c(c2)OCCO3)CN1. The highest BCUT2D eigenvalue weighted by molar-refractivity contribution is 5.95. The van der Waals surface area contributed by atoms with Crippen LogP contribution in [0.5, 0.6) is 11.5 Å². The van der Waals surface area contributed by atoms with Gasteiger partial charge in [0.15, 0.2) is 11.5 Å². The molecule has 1 atom stereocenters. The van der Waals surface area contributed by atoms with Crippen LogP contribution in [0.1, 0.15) is 23.2 Å². The van der Waals surface area contributed by atoms with Gasteiger partial charge >= 0.3 is 0 Å². The van der Waals surface area contributed by atoms with Crippen LogP contribution < -0.4 is 20.1 Å². The van der Waals surface area contributed by atoms with Crippen LogP contribution in [0.4, 0.5) is 0 Å². The van der Waals surface area contributed by atoms with Crippen LogP contribution in [-0.4, -0.2) is 37.6 Å². The number of amides is 2. The first-order chi connectivity index (χ1) is 9.72. The highest BCUT2D eigenvalue weighted by Crippen LogP contribution is 2.30. The summed E-state index contributed by atoms with van der Waals surface area (Å²) in [6.45, 7) is 1.50. The van der Waals surface area contributed by atoms with Crippen molar-refractivity contribution in [3.05, 3.63) is 23.8 Å². The molecule has 1 aromatic carbocycles. The van der Waals surface area contributed by atoms with Crippen molar-refractivity contribution in [3.8, 4) is 11.5 Å². The first-order valence-corrected chi connectivity index (χ1v) is 6.69. The second-order valence-corrected chi connectivity index (χ2v) is 4.87. The third-order valence-electron chi connectivity index (χ3n) is 3.41. The second-order valence-electron chi connectivity index (χ2n) is 4.87. The van der Waals surface area contributed by atoms with Crippen molar-refractivity contribution in [3.63, 3.8) is 0 Å². The van der Waals surface area contributed by atoms with Gasteiger partial charge in [-0.2, -0.15) is 0 Å². The molecule has 2 heterocycles. The topological polar surface area (TPSA) is 76.7 Å². The van der Waals surface area contributed by atoms with Gasteiger partial charge in [-0.15, -0.1) is 0 Å². The number of ether oxygens (including phenoxy) is 2. The molecule has 2 amide bonds. The van der Waals surface area contributed by atoms with E-state index in [1.54, 1.807) is 18.2 Å². The molecule has 1 unspecified atom stereocenters. The Bertz CT molecular complexity index is 534. The van der Waals surface area contributed by atoms with Crippen molar-refractivity contribution in [2.24, 2.45) is 0 Å². The molecule has 2 aliphatic rings. The summed E-state index contributed by atoms with van der Waals surface area (Å²) in [4.78, 5) is 23.2. The molecule has 6 nitrogen and oxygen atoms in total. The van der Waals surface area contributed by atoms with Crippen LogP contribution in [-0.2, 0) is 4.79 Å². The van der Waals surface area contributed by atoms with E-state index in [-0.39, 0.29) is 17.9 Å². The summed E-state index contributed by atoms with van der Waals surface area (Å²) in [6.07, 6.45) is 1.12. The monoisotopic (exact) mass is 276 g/mol. The maximum atomic E-state index is 12.2. The Hall–Kier alpha value is -2.24. The van der Waals surface area contributed by atoms with Crippen LogP contribution in [0.2, 0.25) is 0 Å². The van der Waals surface area contributed by atoms with Gasteiger partial charge in [0.1, 0.15) is 13.2 Å². The zero-order chi connectivity index (χ0) is 13.9. The Labute approximate surface area is 116 Å². The lowest BCUT2D eigenvalue weighted by Crippen LogP contribution is -2.47. The van der Waals surface area contributed by atoms with Crippen molar-refractivity contribution in [2.75, 3.05) is 19.8 Å². The largest absolute Gasteiger partial charge is 0.486 e. The number of hydrogen-bond acceptors (Lipinski definition) is 4. The minimum Gasteiger partial charge on any atom is -0.486 e. The summed E-state index contributed by atoms with van der Waals surface area (Å²) in [5.41, 5.74) is 0.533. The number of carbonyl (C=O) groups is 2. The summed E-state index contributed by atoms with van der Waals surface area (Å²) in [5, 5.41) is 5.65. The Kier molecular flexibility index (Phi) is 3.45. The minimum atomic E-state index is -0.164. The highest BCUT2D eigenvalue weighted by atomic mass is 16.6. The fraction of sp³-hybridized carbons (Fsp3) is 0.429. The van der Waals surface area contributed by atoms with Crippen molar-refractivity contribution >= 4 is 11.8 Å². The lowest BCUT2D eigenvalue weighted by Gasteiger charge is -2.24. The van der Waals surface area contributed by atoms with Crippen LogP contribution in [0.25, 0.3) is 0 Å². The molecule has 2 aliphatic heterocycles. The van der Waals surface area contributed by atoms with Gasteiger partial charge in [-0.1, -0.05) is 0 Å². The molecule has 6 heteroatoms. The van der Waals surface area contributed by atoms with Crippen LogP contribution in [0, 0.1) is 0 Å². The number of carbonyl (C=O) groups excluding carboxylic acids is 2. The Morgan fingerprint density at radius 3 is 2.80 bits per heavy atom. The number of nitrogens with one attached hydrogen (secondary N) is 2. The van der Waals surface area contributed by atoms with Crippen molar-refractivity contribution in [2.45, 2.75) is 18.9 Å². The van der Waals surface area contributed by atoms with E-state index in [1.807, 2.05) is 0 Å². The van der Waals surface area contributed by atoms with Gasteiger partial charge in [-0.25, -0.2) is 0 Å². The molecule has 2 N–H and O–H groups in total. The lowest BCUT2D eigenvalue weighted by molar-refractivity contribution is -0.122. The summed E-state index contributed by atoms with van der Waals surface area (Å²) in [5.74, 6) is 1.14. The summed E-state index contributed by atoms with van der Waals surface area (Å²) >= 11 is 0. The maximum Gasteiger partial charge on any atom is 0.251 e. The van der Waals surface area contributed by atoms with E-state index >= 15 is 0 Å². The molecule has 0 radical (unpaired) electrons. The van der Waals surface area contributed by atoms with E-state index in [2.05, 4.69) is 10.6 Å². The number of hydrogen-bond donors (Lipinski definition) is 2. The lowest BCUT2D eigenvalue weighted by atomic mass is 10.1. The molecule has 0 aromatic heterocycles. The van der Waals surface area contributed by atoms with Crippen molar-refractivity contribution in [1.29, 1.82) is 0 Å². The van der Waals surface area contributed by atoms with Crippen LogP contribution in [0.3, 0.4) is 0 Å². The second kappa shape index (κ2) is 5.40. The molecule has 106 valence electrons. The molecule has 0 bridgehead atoms. The quantitative estimate of drug-likeness (QED) is 0.823. The summed E-state index contributed by atoms with van der Waals surface area (Å²) < 4.78 is 10.9. The fourth-order valence-corrected chi connectivity index (χ4v) is 2.31. The molecule has 20 heavy (non-hydrogen) atoms. The Morgan fingerprint density at radius 1 is 1.25 bits per heavy atom. The van der Waals surface area contributed by atoms with Gasteiger partial charge < -0.3 is 20.1 Å². The molecule has 3 rings (SSSR count). The average molecular weight is 276 g/mol. The smallest absolute Gasteiger partial charge is 0.251 e. The number of benzene rings is 1. The maximum absolute atomic E-state index is 12.2. The molecule has 1 aromatic rings. The number of rotatable bonds is 2. The zero-order valence-electron chi connectivity index (χ0n) is 11.0. The van der Waals surface area contributed by atoms with E-state index in [9.17, 15) is 9.59 Å². The minimum absolute atomic E-state index is 0.0200. The molecule has 0 saturated carbocycles. The van der Waals surface area contributed by atoms with E-state index in [0.717, 1.165) is 0 Å². The summed E-state index contributed by atoms with van der Waals surface area (Å²) in [6, 6.07) is 5.12. The van der Waals surface area contributed by atoms with E-state index in [1.165, 1.54) is 0 Å². The normalized spacial score (nSPS) is 21.0. The zero-order valence-corrected chi connectivity index (χ0v) is 11.0. The highest BCUT2D eigenvalue weighted by Gasteiger charge is 2.21. The van der Waals surface area contributed by atoms with Crippen molar-refractivity contribution in [1.82, 2.24) is 10.6 Å². The van der Waals surface area contributed by atoms with Crippen molar-refractivity contribution < 1.29 is 19.1 Å². The molecule has 1 fully saturated rings. The third-order valence-corrected chi connectivity index (χ3v) is 3.41. The number of piperidine rings is 1. The predicted octanol–water partition coefficient (Wildman–Crippen LogP) is 0.466. The number of fused-ring (bicyclic) bond motifs is 1. The third kappa shape index (κ3) is 2.68. The van der Waals surface area contributed by atoms with E-state index < -0.39 is 0 Å². The van der Waals surface area contributed by atoms with Crippen LogP contribution in [0.15, 0.2) is 18.2 Å². The first kappa shape index (κ1) is 12.8. The Morgan fingerprint density at radius 2 is 2.05 bits per heavy atom. The van der Waals surface area contributed by atoms with Crippen LogP contribution >= 0.6 is 0 Å². The average Bonchev–Trinajstić information content (AvgIpc) is 2.49.